The Kier molecular flexibility index (Phi) is 4.44. The summed E-state index contributed by atoms with van der Waals surface area (Å²) in [6.07, 6.45) is 0. The fourth-order valence-corrected chi connectivity index (χ4v) is 1.71. The van der Waals surface area contributed by atoms with Crippen LogP contribution in [0.4, 0.5) is 29.3 Å². The smallest absolute Gasteiger partial charge is 0.323 e. The highest BCUT2D eigenvalue weighted by Gasteiger charge is 2.14. The van der Waals surface area contributed by atoms with E-state index in [9.17, 15) is 18.0 Å². The van der Waals surface area contributed by atoms with Gasteiger partial charge in [0, 0.05) is 24.4 Å². The topological polar surface area (TPSA) is 67.1 Å². The molecule has 0 spiro atoms. The predicted octanol–water partition coefficient (Wildman–Crippen LogP) is 3.21. The first-order valence-corrected chi connectivity index (χ1v) is 6.01. The number of halogens is 3. The maximum absolute atomic E-state index is 13.4. The van der Waals surface area contributed by atoms with E-state index in [-0.39, 0.29) is 0 Å². The number of urea groups is 1. The molecule has 0 unspecified atom stereocenters. The minimum absolute atomic E-state index is 0.290. The average molecular weight is 295 g/mol. The first-order chi connectivity index (χ1) is 9.99. The van der Waals surface area contributed by atoms with Crippen molar-refractivity contribution in [2.45, 2.75) is 6.54 Å². The Bertz CT molecular complexity index is 653. The Morgan fingerprint density at radius 2 is 1.71 bits per heavy atom. The molecule has 4 N–H and O–H groups in total. The van der Waals surface area contributed by atoms with Crippen LogP contribution in [-0.4, -0.2) is 6.03 Å². The molecule has 0 aromatic heterocycles. The van der Waals surface area contributed by atoms with Crippen LogP contribution in [0.1, 0.15) is 5.56 Å². The van der Waals surface area contributed by atoms with Crippen LogP contribution in [0.3, 0.4) is 0 Å². The van der Waals surface area contributed by atoms with Crippen LogP contribution in [0.5, 0.6) is 0 Å². The third kappa shape index (κ3) is 3.73. The fourth-order valence-electron chi connectivity index (χ4n) is 1.71. The Balaban J connectivity index is 2.12. The van der Waals surface area contributed by atoms with E-state index in [2.05, 4.69) is 5.32 Å². The number of hydrogen-bond donors (Lipinski definition) is 3. The minimum Gasteiger partial charge on any atom is -0.326 e. The second kappa shape index (κ2) is 6.27. The second-order valence-corrected chi connectivity index (χ2v) is 4.23. The van der Waals surface area contributed by atoms with Crippen LogP contribution < -0.4 is 16.4 Å². The standard InChI is InChI=1S/C14H12F3N3O/c15-9-5-11(16)13(12(17)6-9)20-14(21)19-10-3-1-2-8(4-10)7-18/h1-6H,7,18H2,(H2,19,20,21). The summed E-state index contributed by atoms with van der Waals surface area (Å²) in [5, 5.41) is 4.40. The third-order valence-corrected chi connectivity index (χ3v) is 2.67. The molecule has 4 nitrogen and oxygen atoms in total. The van der Waals surface area contributed by atoms with E-state index in [0.29, 0.717) is 24.4 Å². The molecule has 0 saturated heterocycles. The summed E-state index contributed by atoms with van der Waals surface area (Å²) in [5.41, 5.74) is 5.94. The first-order valence-electron chi connectivity index (χ1n) is 6.01. The zero-order valence-corrected chi connectivity index (χ0v) is 10.8. The van der Waals surface area contributed by atoms with E-state index >= 15 is 0 Å². The molecule has 0 radical (unpaired) electrons. The summed E-state index contributed by atoms with van der Waals surface area (Å²) in [4.78, 5) is 11.7. The molecule has 0 heterocycles. The number of hydrogen-bond acceptors (Lipinski definition) is 2. The van der Waals surface area contributed by atoms with E-state index in [1.54, 1.807) is 24.3 Å². The van der Waals surface area contributed by atoms with Gasteiger partial charge < -0.3 is 16.4 Å². The van der Waals surface area contributed by atoms with Crippen molar-refractivity contribution >= 4 is 17.4 Å². The monoisotopic (exact) mass is 295 g/mol. The van der Waals surface area contributed by atoms with Crippen LogP contribution in [0, 0.1) is 17.5 Å². The molecule has 2 rings (SSSR count). The van der Waals surface area contributed by atoms with Gasteiger partial charge in [-0.2, -0.15) is 0 Å². The molecule has 2 aromatic rings. The highest BCUT2D eigenvalue weighted by Crippen LogP contribution is 2.20. The lowest BCUT2D eigenvalue weighted by Gasteiger charge is -2.10. The SMILES string of the molecule is NCc1cccc(NC(=O)Nc2c(F)cc(F)cc2F)c1. The van der Waals surface area contributed by atoms with Crippen LogP contribution >= 0.6 is 0 Å². The molecular weight excluding hydrogens is 283 g/mol. The van der Waals surface area contributed by atoms with Gasteiger partial charge in [0.2, 0.25) is 0 Å². The van der Waals surface area contributed by atoms with E-state index in [0.717, 1.165) is 5.56 Å². The van der Waals surface area contributed by atoms with Gasteiger partial charge in [-0.3, -0.25) is 0 Å². The molecular formula is C14H12F3N3O. The number of carbonyl (C=O) groups is 1. The zero-order chi connectivity index (χ0) is 15.4. The third-order valence-electron chi connectivity index (χ3n) is 2.67. The van der Waals surface area contributed by atoms with Gasteiger partial charge in [-0.05, 0) is 17.7 Å². The number of nitrogens with two attached hydrogens (primary N) is 1. The summed E-state index contributed by atoms with van der Waals surface area (Å²) in [5.74, 6) is -3.46. The summed E-state index contributed by atoms with van der Waals surface area (Å²) in [7, 11) is 0. The summed E-state index contributed by atoms with van der Waals surface area (Å²) in [6.45, 7) is 0.290. The lowest BCUT2D eigenvalue weighted by molar-refractivity contribution is 0.262. The highest BCUT2D eigenvalue weighted by molar-refractivity contribution is 5.99. The van der Waals surface area contributed by atoms with Gasteiger partial charge in [-0.25, -0.2) is 18.0 Å². The Morgan fingerprint density at radius 1 is 1.05 bits per heavy atom. The normalized spacial score (nSPS) is 10.3. The van der Waals surface area contributed by atoms with E-state index in [1.807, 2.05) is 5.32 Å². The van der Waals surface area contributed by atoms with Crippen LogP contribution in [-0.2, 0) is 6.54 Å². The molecule has 0 aliphatic carbocycles. The lowest BCUT2D eigenvalue weighted by atomic mass is 10.2. The molecule has 0 saturated carbocycles. The van der Waals surface area contributed by atoms with Gasteiger partial charge in [0.05, 0.1) is 0 Å². The maximum Gasteiger partial charge on any atom is 0.323 e. The van der Waals surface area contributed by atoms with Crippen molar-refractivity contribution in [3.05, 3.63) is 59.4 Å². The molecule has 2 aromatic carbocycles. The van der Waals surface area contributed by atoms with Crippen molar-refractivity contribution in [3.63, 3.8) is 0 Å². The van der Waals surface area contributed by atoms with Crippen molar-refractivity contribution in [2.24, 2.45) is 5.73 Å². The number of carbonyl (C=O) groups excluding carboxylic acids is 1. The second-order valence-electron chi connectivity index (χ2n) is 4.23. The van der Waals surface area contributed by atoms with E-state index in [4.69, 9.17) is 5.73 Å². The van der Waals surface area contributed by atoms with Crippen molar-refractivity contribution in [3.8, 4) is 0 Å². The molecule has 0 aliphatic heterocycles. The Hall–Kier alpha value is -2.54. The van der Waals surface area contributed by atoms with Gasteiger partial charge in [0.15, 0.2) is 11.6 Å². The van der Waals surface area contributed by atoms with Crippen molar-refractivity contribution in [1.29, 1.82) is 0 Å². The number of benzene rings is 2. The maximum atomic E-state index is 13.4. The highest BCUT2D eigenvalue weighted by atomic mass is 19.1. The molecule has 0 bridgehead atoms. The van der Waals surface area contributed by atoms with Gasteiger partial charge in [-0.15, -0.1) is 0 Å². The predicted molar refractivity (Wildman–Crippen MR) is 73.3 cm³/mol. The summed E-state index contributed by atoms with van der Waals surface area (Å²) >= 11 is 0. The van der Waals surface area contributed by atoms with Gasteiger partial charge in [0.1, 0.15) is 11.5 Å². The van der Waals surface area contributed by atoms with Crippen molar-refractivity contribution in [1.82, 2.24) is 0 Å². The number of anilines is 2. The molecule has 2 amide bonds. The molecule has 0 aliphatic rings. The van der Waals surface area contributed by atoms with Gasteiger partial charge >= 0.3 is 6.03 Å². The van der Waals surface area contributed by atoms with Crippen molar-refractivity contribution < 1.29 is 18.0 Å². The molecule has 110 valence electrons. The first kappa shape index (κ1) is 14.9. The summed E-state index contributed by atoms with van der Waals surface area (Å²) < 4.78 is 39.5. The number of nitrogens with one attached hydrogen (secondary N) is 2. The van der Waals surface area contributed by atoms with Crippen LogP contribution in [0.25, 0.3) is 0 Å². The molecule has 21 heavy (non-hydrogen) atoms. The van der Waals surface area contributed by atoms with Crippen molar-refractivity contribution in [2.75, 3.05) is 10.6 Å². The average Bonchev–Trinajstić information content (AvgIpc) is 2.43. The Morgan fingerprint density at radius 3 is 2.33 bits per heavy atom. The molecule has 0 atom stereocenters. The largest absolute Gasteiger partial charge is 0.326 e. The fraction of sp³-hybridized carbons (Fsp3) is 0.0714. The van der Waals surface area contributed by atoms with E-state index in [1.165, 1.54) is 0 Å². The Labute approximate surface area is 118 Å². The van der Waals surface area contributed by atoms with Gasteiger partial charge in [0.25, 0.3) is 0 Å². The zero-order valence-electron chi connectivity index (χ0n) is 10.8. The molecule has 0 fully saturated rings. The van der Waals surface area contributed by atoms with Crippen LogP contribution in [0.2, 0.25) is 0 Å². The number of amides is 2. The summed E-state index contributed by atoms with van der Waals surface area (Å²) in [6, 6.07) is 6.77. The molecule has 7 heteroatoms. The van der Waals surface area contributed by atoms with Crippen LogP contribution in [0.15, 0.2) is 36.4 Å². The van der Waals surface area contributed by atoms with E-state index < -0.39 is 29.2 Å². The minimum atomic E-state index is -1.20. The number of rotatable bonds is 3. The van der Waals surface area contributed by atoms with Gasteiger partial charge in [-0.1, -0.05) is 12.1 Å². The quantitative estimate of drug-likeness (QED) is 0.814. The lowest BCUT2D eigenvalue weighted by Crippen LogP contribution is -2.21.